The number of nitrogens with two attached hydrogens (primary N) is 1. The number of aromatic carboxylic acids is 1. The van der Waals surface area contributed by atoms with Gasteiger partial charge in [-0.1, -0.05) is 5.21 Å². The van der Waals surface area contributed by atoms with Gasteiger partial charge in [-0.3, -0.25) is 4.79 Å². The van der Waals surface area contributed by atoms with Crippen molar-refractivity contribution in [1.82, 2.24) is 19.9 Å². The number of aromatic nitrogens is 3. The van der Waals surface area contributed by atoms with Crippen LogP contribution in [0.25, 0.3) is 0 Å². The van der Waals surface area contributed by atoms with Crippen molar-refractivity contribution in [2.24, 2.45) is 5.73 Å². The van der Waals surface area contributed by atoms with E-state index >= 15 is 0 Å². The molecule has 0 spiro atoms. The summed E-state index contributed by atoms with van der Waals surface area (Å²) in [4.78, 5) is 24.8. The fourth-order valence-electron chi connectivity index (χ4n) is 2.20. The van der Waals surface area contributed by atoms with Crippen molar-refractivity contribution in [2.75, 3.05) is 19.6 Å². The summed E-state index contributed by atoms with van der Waals surface area (Å²) in [6.07, 6.45) is 2.36. The highest BCUT2D eigenvalue weighted by atomic mass is 16.4. The molecule has 0 saturated carbocycles. The van der Waals surface area contributed by atoms with Gasteiger partial charge in [0, 0.05) is 19.5 Å². The van der Waals surface area contributed by atoms with Crippen molar-refractivity contribution in [3.05, 3.63) is 11.4 Å². The maximum Gasteiger partial charge on any atom is 0.358 e. The summed E-state index contributed by atoms with van der Waals surface area (Å²) >= 11 is 0. The SMILES string of the molecule is NCCc1c(C(=O)O)nnn1CC(=O)N1CCCC1. The Hall–Kier alpha value is -1.96. The summed E-state index contributed by atoms with van der Waals surface area (Å²) in [5.41, 5.74) is 5.73. The van der Waals surface area contributed by atoms with Gasteiger partial charge in [0.15, 0.2) is 5.69 Å². The first-order chi connectivity index (χ1) is 9.13. The van der Waals surface area contributed by atoms with E-state index in [1.807, 2.05) is 0 Å². The summed E-state index contributed by atoms with van der Waals surface area (Å²) in [6.45, 7) is 1.82. The van der Waals surface area contributed by atoms with Gasteiger partial charge in [-0.2, -0.15) is 0 Å². The molecule has 104 valence electrons. The molecule has 0 unspecified atom stereocenters. The lowest BCUT2D eigenvalue weighted by atomic mass is 10.2. The van der Waals surface area contributed by atoms with Crippen molar-refractivity contribution in [3.8, 4) is 0 Å². The molecular weight excluding hydrogens is 250 g/mol. The average molecular weight is 267 g/mol. The summed E-state index contributed by atoms with van der Waals surface area (Å²) in [7, 11) is 0. The standard InChI is InChI=1S/C11H17N5O3/c12-4-3-8-10(11(18)19)13-14-16(8)7-9(17)15-5-1-2-6-15/h1-7,12H2,(H,18,19). The van der Waals surface area contributed by atoms with Crippen molar-refractivity contribution in [3.63, 3.8) is 0 Å². The molecule has 1 aromatic rings. The van der Waals surface area contributed by atoms with Crippen LogP contribution in [0.2, 0.25) is 0 Å². The first-order valence-electron chi connectivity index (χ1n) is 6.27. The molecule has 0 atom stereocenters. The van der Waals surface area contributed by atoms with Crippen LogP contribution in [-0.4, -0.2) is 56.5 Å². The van der Waals surface area contributed by atoms with E-state index in [4.69, 9.17) is 10.8 Å². The number of carbonyl (C=O) groups is 2. The predicted octanol–water partition coefficient (Wildman–Crippen LogP) is -0.900. The normalized spacial score (nSPS) is 14.9. The Morgan fingerprint density at radius 2 is 2.00 bits per heavy atom. The summed E-state index contributed by atoms with van der Waals surface area (Å²) in [5.74, 6) is -1.21. The second-order valence-corrected chi connectivity index (χ2v) is 4.47. The van der Waals surface area contributed by atoms with Crippen LogP contribution < -0.4 is 5.73 Å². The van der Waals surface area contributed by atoms with E-state index in [9.17, 15) is 9.59 Å². The van der Waals surface area contributed by atoms with Crippen LogP contribution in [0.15, 0.2) is 0 Å². The molecule has 1 fully saturated rings. The number of rotatable bonds is 5. The van der Waals surface area contributed by atoms with Gasteiger partial charge >= 0.3 is 5.97 Å². The zero-order valence-electron chi connectivity index (χ0n) is 10.6. The third kappa shape index (κ3) is 2.90. The lowest BCUT2D eigenvalue weighted by molar-refractivity contribution is -0.131. The van der Waals surface area contributed by atoms with Crippen molar-refractivity contribution >= 4 is 11.9 Å². The first kappa shape index (κ1) is 13.5. The van der Waals surface area contributed by atoms with E-state index in [2.05, 4.69) is 10.3 Å². The average Bonchev–Trinajstić information content (AvgIpc) is 2.99. The molecule has 1 amide bonds. The van der Waals surface area contributed by atoms with Crippen LogP contribution in [0.5, 0.6) is 0 Å². The highest BCUT2D eigenvalue weighted by Gasteiger charge is 2.23. The van der Waals surface area contributed by atoms with Crippen LogP contribution in [0, 0.1) is 0 Å². The summed E-state index contributed by atoms with van der Waals surface area (Å²) in [5, 5.41) is 16.4. The first-order valence-corrected chi connectivity index (χ1v) is 6.27. The molecule has 0 radical (unpaired) electrons. The number of carboxylic acids is 1. The molecule has 2 heterocycles. The topological polar surface area (TPSA) is 114 Å². The number of likely N-dealkylation sites (tertiary alicyclic amines) is 1. The lowest BCUT2D eigenvalue weighted by Crippen LogP contribution is -2.32. The molecule has 1 aliphatic heterocycles. The molecule has 1 saturated heterocycles. The van der Waals surface area contributed by atoms with Crippen LogP contribution >= 0.6 is 0 Å². The van der Waals surface area contributed by atoms with Gasteiger partial charge in [-0.05, 0) is 19.4 Å². The van der Waals surface area contributed by atoms with E-state index in [-0.39, 0.29) is 24.7 Å². The maximum atomic E-state index is 12.0. The number of carbonyl (C=O) groups excluding carboxylic acids is 1. The van der Waals surface area contributed by atoms with E-state index in [0.29, 0.717) is 12.1 Å². The third-order valence-electron chi connectivity index (χ3n) is 3.17. The second kappa shape index (κ2) is 5.79. The highest BCUT2D eigenvalue weighted by Crippen LogP contribution is 2.10. The number of hydrogen-bond acceptors (Lipinski definition) is 5. The minimum Gasteiger partial charge on any atom is -0.476 e. The minimum atomic E-state index is -1.15. The fraction of sp³-hybridized carbons (Fsp3) is 0.636. The number of nitrogens with zero attached hydrogens (tertiary/aromatic N) is 4. The zero-order chi connectivity index (χ0) is 13.8. The molecule has 0 aromatic carbocycles. The van der Waals surface area contributed by atoms with Crippen LogP contribution in [0.3, 0.4) is 0 Å². The van der Waals surface area contributed by atoms with Gasteiger partial charge in [0.25, 0.3) is 0 Å². The molecule has 1 aromatic heterocycles. The smallest absolute Gasteiger partial charge is 0.358 e. The highest BCUT2D eigenvalue weighted by molar-refractivity contribution is 5.86. The van der Waals surface area contributed by atoms with Gasteiger partial charge in [0.05, 0.1) is 5.69 Å². The van der Waals surface area contributed by atoms with E-state index in [0.717, 1.165) is 25.9 Å². The fourth-order valence-corrected chi connectivity index (χ4v) is 2.20. The van der Waals surface area contributed by atoms with Gasteiger partial charge in [0.2, 0.25) is 5.91 Å². The lowest BCUT2D eigenvalue weighted by Gasteiger charge is -2.15. The Kier molecular flexibility index (Phi) is 4.10. The zero-order valence-corrected chi connectivity index (χ0v) is 10.6. The molecule has 0 aliphatic carbocycles. The number of amides is 1. The predicted molar refractivity (Wildman–Crippen MR) is 65.6 cm³/mol. The Balaban J connectivity index is 2.14. The monoisotopic (exact) mass is 267 g/mol. The maximum absolute atomic E-state index is 12.0. The molecule has 2 rings (SSSR count). The van der Waals surface area contributed by atoms with Gasteiger partial charge in [-0.25, -0.2) is 9.48 Å². The Bertz CT molecular complexity index is 479. The Morgan fingerprint density at radius 3 is 2.58 bits per heavy atom. The number of hydrogen-bond donors (Lipinski definition) is 2. The van der Waals surface area contributed by atoms with Gasteiger partial charge in [0.1, 0.15) is 6.54 Å². The van der Waals surface area contributed by atoms with Crippen LogP contribution in [0.4, 0.5) is 0 Å². The van der Waals surface area contributed by atoms with E-state index in [1.165, 1.54) is 4.68 Å². The van der Waals surface area contributed by atoms with Crippen LogP contribution in [-0.2, 0) is 17.8 Å². The van der Waals surface area contributed by atoms with Crippen LogP contribution in [0.1, 0.15) is 29.0 Å². The molecule has 8 nitrogen and oxygen atoms in total. The molecular formula is C11H17N5O3. The molecule has 19 heavy (non-hydrogen) atoms. The van der Waals surface area contributed by atoms with Gasteiger partial charge < -0.3 is 15.7 Å². The third-order valence-corrected chi connectivity index (χ3v) is 3.17. The molecule has 8 heteroatoms. The Labute approximate surface area is 110 Å². The van der Waals surface area contributed by atoms with Gasteiger partial charge in [-0.15, -0.1) is 5.10 Å². The summed E-state index contributed by atoms with van der Waals surface area (Å²) < 4.78 is 1.34. The summed E-state index contributed by atoms with van der Waals surface area (Å²) in [6, 6.07) is 0. The Morgan fingerprint density at radius 1 is 1.32 bits per heavy atom. The quantitative estimate of drug-likeness (QED) is 0.714. The number of carboxylic acid groups (broad SMARTS) is 1. The van der Waals surface area contributed by atoms with Crippen molar-refractivity contribution in [1.29, 1.82) is 0 Å². The van der Waals surface area contributed by atoms with E-state index < -0.39 is 5.97 Å². The molecule has 3 N–H and O–H groups in total. The molecule has 0 bridgehead atoms. The minimum absolute atomic E-state index is 0.0234. The van der Waals surface area contributed by atoms with E-state index in [1.54, 1.807) is 4.90 Å². The van der Waals surface area contributed by atoms with Crippen molar-refractivity contribution in [2.45, 2.75) is 25.8 Å². The van der Waals surface area contributed by atoms with Crippen molar-refractivity contribution < 1.29 is 14.7 Å². The molecule has 1 aliphatic rings. The largest absolute Gasteiger partial charge is 0.476 e. The second-order valence-electron chi connectivity index (χ2n) is 4.47.